The Kier molecular flexibility index (Phi) is 1.89. The molecule has 2 nitrogen and oxygen atoms in total. The number of ether oxygens (including phenoxy) is 1. The summed E-state index contributed by atoms with van der Waals surface area (Å²) < 4.78 is 5.94. The third kappa shape index (κ3) is 1.13. The van der Waals surface area contributed by atoms with Gasteiger partial charge in [0.05, 0.1) is 5.92 Å². The first kappa shape index (κ1) is 8.51. The molecule has 0 aromatic heterocycles. The highest BCUT2D eigenvalue weighted by Gasteiger charge is 2.40. The molecule has 0 radical (unpaired) electrons. The van der Waals surface area contributed by atoms with Crippen molar-refractivity contribution in [2.75, 3.05) is 0 Å². The van der Waals surface area contributed by atoms with Crippen LogP contribution < -0.4 is 0 Å². The van der Waals surface area contributed by atoms with Crippen LogP contribution in [0.1, 0.15) is 44.9 Å². The van der Waals surface area contributed by atoms with E-state index in [0.29, 0.717) is 5.78 Å². The summed E-state index contributed by atoms with van der Waals surface area (Å²) in [5.74, 6) is 1.67. The van der Waals surface area contributed by atoms with Crippen LogP contribution in [0.2, 0.25) is 0 Å². The van der Waals surface area contributed by atoms with Crippen LogP contribution in [-0.2, 0) is 9.53 Å². The third-order valence-corrected chi connectivity index (χ3v) is 3.80. The molecule has 2 unspecified atom stereocenters. The molecule has 3 aliphatic rings. The van der Waals surface area contributed by atoms with Crippen molar-refractivity contribution in [3.05, 3.63) is 11.3 Å². The van der Waals surface area contributed by atoms with Gasteiger partial charge in [0.2, 0.25) is 0 Å². The molecule has 2 heteroatoms. The Balaban J connectivity index is 1.92. The number of carbonyl (C=O) groups excluding carboxylic acids is 1. The van der Waals surface area contributed by atoms with Gasteiger partial charge in [-0.05, 0) is 32.1 Å². The predicted molar refractivity (Wildman–Crippen MR) is 52.7 cm³/mol. The largest absolute Gasteiger partial charge is 0.494 e. The molecule has 1 fully saturated rings. The van der Waals surface area contributed by atoms with Crippen LogP contribution >= 0.6 is 0 Å². The highest BCUT2D eigenvalue weighted by molar-refractivity contribution is 5.99. The van der Waals surface area contributed by atoms with Gasteiger partial charge in [-0.3, -0.25) is 4.79 Å². The van der Waals surface area contributed by atoms with Crippen LogP contribution in [-0.4, -0.2) is 11.9 Å². The molecule has 0 saturated heterocycles. The molecule has 0 bridgehead atoms. The molecule has 1 heterocycles. The Morgan fingerprint density at radius 3 is 2.86 bits per heavy atom. The molecule has 1 saturated carbocycles. The molecule has 0 amide bonds. The molecule has 2 aliphatic carbocycles. The fourth-order valence-corrected chi connectivity index (χ4v) is 3.05. The van der Waals surface area contributed by atoms with Crippen molar-refractivity contribution in [1.29, 1.82) is 0 Å². The molecule has 1 aliphatic heterocycles. The fourth-order valence-electron chi connectivity index (χ4n) is 3.05. The highest BCUT2D eigenvalue weighted by atomic mass is 16.5. The fraction of sp³-hybridized carbons (Fsp3) is 0.750. The van der Waals surface area contributed by atoms with Crippen LogP contribution in [0.3, 0.4) is 0 Å². The smallest absolute Gasteiger partial charge is 0.168 e. The van der Waals surface area contributed by atoms with E-state index in [4.69, 9.17) is 4.74 Å². The van der Waals surface area contributed by atoms with E-state index in [1.807, 2.05) is 0 Å². The molecule has 0 N–H and O–H groups in total. The summed E-state index contributed by atoms with van der Waals surface area (Å²) in [6.07, 6.45) is 7.91. The Morgan fingerprint density at radius 2 is 1.93 bits per heavy atom. The molecule has 3 rings (SSSR count). The summed E-state index contributed by atoms with van der Waals surface area (Å²) >= 11 is 0. The van der Waals surface area contributed by atoms with Gasteiger partial charge in [-0.15, -0.1) is 0 Å². The van der Waals surface area contributed by atoms with E-state index in [1.54, 1.807) is 0 Å². The van der Waals surface area contributed by atoms with Crippen LogP contribution in [0.5, 0.6) is 0 Å². The Morgan fingerprint density at radius 1 is 1.07 bits per heavy atom. The Bertz CT molecular complexity index is 303. The second kappa shape index (κ2) is 3.11. The van der Waals surface area contributed by atoms with Crippen molar-refractivity contribution >= 4 is 5.78 Å². The van der Waals surface area contributed by atoms with E-state index in [9.17, 15) is 4.79 Å². The summed E-state index contributed by atoms with van der Waals surface area (Å²) in [5, 5.41) is 0. The molecule has 0 aromatic carbocycles. The molecule has 0 spiro atoms. The molecular formula is C12H16O2. The summed E-state index contributed by atoms with van der Waals surface area (Å²) in [6, 6.07) is 0. The number of rotatable bonds is 0. The molecular weight excluding hydrogens is 176 g/mol. The summed E-state index contributed by atoms with van der Waals surface area (Å²) in [7, 11) is 0. The van der Waals surface area contributed by atoms with E-state index in [1.165, 1.54) is 12.8 Å². The van der Waals surface area contributed by atoms with Crippen LogP contribution in [0, 0.1) is 5.92 Å². The lowest BCUT2D eigenvalue weighted by atomic mass is 9.79. The van der Waals surface area contributed by atoms with Crippen molar-refractivity contribution in [3.8, 4) is 0 Å². The monoisotopic (exact) mass is 192 g/mol. The number of hydrogen-bond donors (Lipinski definition) is 0. The number of carbonyl (C=O) groups is 1. The highest BCUT2D eigenvalue weighted by Crippen LogP contribution is 2.41. The van der Waals surface area contributed by atoms with Crippen LogP contribution in [0.15, 0.2) is 11.3 Å². The van der Waals surface area contributed by atoms with Crippen molar-refractivity contribution < 1.29 is 9.53 Å². The maximum atomic E-state index is 12.1. The average molecular weight is 192 g/mol. The van der Waals surface area contributed by atoms with Gasteiger partial charge in [-0.2, -0.15) is 0 Å². The standard InChI is InChI=1S/C12H16O2/c13-12-8-4-1-2-6-10(8)14-11-7-3-5-9(11)12/h8,10H,1-7H2. The van der Waals surface area contributed by atoms with Gasteiger partial charge < -0.3 is 4.74 Å². The summed E-state index contributed by atoms with van der Waals surface area (Å²) in [5.41, 5.74) is 1.04. The maximum absolute atomic E-state index is 12.1. The van der Waals surface area contributed by atoms with E-state index < -0.39 is 0 Å². The predicted octanol–water partition coefficient (Wildman–Crippen LogP) is 2.58. The minimum atomic E-state index is 0.209. The average Bonchev–Trinajstić information content (AvgIpc) is 2.66. The first-order valence-corrected chi connectivity index (χ1v) is 5.79. The zero-order valence-corrected chi connectivity index (χ0v) is 8.42. The van der Waals surface area contributed by atoms with Gasteiger partial charge in [0, 0.05) is 12.0 Å². The quantitative estimate of drug-likeness (QED) is 0.589. The lowest BCUT2D eigenvalue weighted by molar-refractivity contribution is -0.128. The van der Waals surface area contributed by atoms with Gasteiger partial charge in [-0.1, -0.05) is 6.42 Å². The van der Waals surface area contributed by atoms with Crippen LogP contribution in [0.4, 0.5) is 0 Å². The second-order valence-corrected chi connectivity index (χ2v) is 4.67. The number of allylic oxidation sites excluding steroid dienone is 2. The number of fused-ring (bicyclic) bond motifs is 1. The summed E-state index contributed by atoms with van der Waals surface area (Å²) in [4.78, 5) is 12.1. The minimum absolute atomic E-state index is 0.209. The van der Waals surface area contributed by atoms with Crippen LogP contribution in [0.25, 0.3) is 0 Å². The first-order valence-electron chi connectivity index (χ1n) is 5.79. The lowest BCUT2D eigenvalue weighted by Gasteiger charge is -2.35. The van der Waals surface area contributed by atoms with Gasteiger partial charge in [0.25, 0.3) is 0 Å². The molecule has 76 valence electrons. The van der Waals surface area contributed by atoms with Crippen molar-refractivity contribution in [2.24, 2.45) is 5.92 Å². The van der Waals surface area contributed by atoms with Gasteiger partial charge >= 0.3 is 0 Å². The van der Waals surface area contributed by atoms with Crippen molar-refractivity contribution in [2.45, 2.75) is 51.0 Å². The normalized spacial score (nSPS) is 36.4. The topological polar surface area (TPSA) is 26.3 Å². The van der Waals surface area contributed by atoms with Gasteiger partial charge in [0.1, 0.15) is 11.9 Å². The molecule has 0 aromatic rings. The van der Waals surface area contributed by atoms with Gasteiger partial charge in [0.15, 0.2) is 5.78 Å². The SMILES string of the molecule is O=C1C2=C(CCC2)OC2CCCCC12. The maximum Gasteiger partial charge on any atom is 0.168 e. The third-order valence-electron chi connectivity index (χ3n) is 3.80. The van der Waals surface area contributed by atoms with Crippen molar-refractivity contribution in [1.82, 2.24) is 0 Å². The van der Waals surface area contributed by atoms with E-state index in [2.05, 4.69) is 0 Å². The number of ketones is 1. The second-order valence-electron chi connectivity index (χ2n) is 4.67. The number of Topliss-reactive ketones (excluding diaryl/α,β-unsaturated/α-hetero) is 1. The minimum Gasteiger partial charge on any atom is -0.494 e. The van der Waals surface area contributed by atoms with E-state index >= 15 is 0 Å². The summed E-state index contributed by atoms with van der Waals surface area (Å²) in [6.45, 7) is 0. The zero-order valence-electron chi connectivity index (χ0n) is 8.42. The lowest BCUT2D eigenvalue weighted by Crippen LogP contribution is -2.37. The Labute approximate surface area is 84.3 Å². The molecule has 14 heavy (non-hydrogen) atoms. The number of hydrogen-bond acceptors (Lipinski definition) is 2. The van der Waals surface area contributed by atoms with Crippen molar-refractivity contribution in [3.63, 3.8) is 0 Å². The van der Waals surface area contributed by atoms with E-state index in [-0.39, 0.29) is 12.0 Å². The van der Waals surface area contributed by atoms with E-state index in [0.717, 1.165) is 43.4 Å². The Hall–Kier alpha value is -0.790. The van der Waals surface area contributed by atoms with Gasteiger partial charge in [-0.25, -0.2) is 0 Å². The zero-order chi connectivity index (χ0) is 9.54. The molecule has 2 atom stereocenters. The first-order chi connectivity index (χ1) is 6.86.